The van der Waals surface area contributed by atoms with Crippen molar-refractivity contribution in [3.63, 3.8) is 0 Å². The van der Waals surface area contributed by atoms with E-state index in [-0.39, 0.29) is 12.7 Å². The van der Waals surface area contributed by atoms with Crippen LogP contribution in [-0.4, -0.2) is 22.9 Å². The number of aromatic nitrogens is 2. The number of nitrogens with one attached hydrogen (secondary N) is 2. The van der Waals surface area contributed by atoms with Gasteiger partial charge < -0.3 is 20.1 Å². The molecule has 1 aliphatic heterocycles. The Morgan fingerprint density at radius 2 is 1.77 bits per heavy atom. The molecule has 7 heteroatoms. The van der Waals surface area contributed by atoms with Crippen molar-refractivity contribution in [1.82, 2.24) is 10.2 Å². The molecule has 2 aromatic carbocycles. The fraction of sp³-hybridized carbons (Fsp3) is 0.105. The number of rotatable bonds is 4. The van der Waals surface area contributed by atoms with Crippen molar-refractivity contribution in [2.45, 2.75) is 6.92 Å². The zero-order valence-electron chi connectivity index (χ0n) is 14.0. The Labute approximate surface area is 150 Å². The Kier molecular flexibility index (Phi) is 4.10. The van der Waals surface area contributed by atoms with Gasteiger partial charge in [-0.2, -0.15) is 0 Å². The summed E-state index contributed by atoms with van der Waals surface area (Å²) in [7, 11) is 0. The zero-order valence-corrected chi connectivity index (χ0v) is 14.0. The maximum atomic E-state index is 12.3. The first-order valence-corrected chi connectivity index (χ1v) is 8.06. The Morgan fingerprint density at radius 3 is 2.58 bits per heavy atom. The molecule has 130 valence electrons. The van der Waals surface area contributed by atoms with Crippen LogP contribution >= 0.6 is 0 Å². The molecule has 0 unspecified atom stereocenters. The van der Waals surface area contributed by atoms with Crippen molar-refractivity contribution < 1.29 is 14.3 Å². The molecular formula is C19H16N4O3. The van der Waals surface area contributed by atoms with E-state index in [1.165, 1.54) is 0 Å². The maximum Gasteiger partial charge on any atom is 0.257 e. The second kappa shape index (κ2) is 6.72. The predicted octanol–water partition coefficient (Wildman–Crippen LogP) is 3.51. The van der Waals surface area contributed by atoms with Crippen LogP contribution < -0.4 is 20.1 Å². The first kappa shape index (κ1) is 15.9. The lowest BCUT2D eigenvalue weighted by molar-refractivity contribution is 0.102. The van der Waals surface area contributed by atoms with E-state index in [2.05, 4.69) is 20.8 Å². The smallest absolute Gasteiger partial charge is 0.257 e. The Balaban J connectivity index is 1.43. The standard InChI is InChI=1S/C19H16N4O3/c1-12-3-2-4-14(9-12)20-17-7-8-18(23-22-17)21-19(24)13-5-6-15-16(10-13)26-11-25-15/h2-10H,11H2,1H3,(H,20,22)(H,21,23,24). The van der Waals surface area contributed by atoms with E-state index in [1.807, 2.05) is 31.2 Å². The van der Waals surface area contributed by atoms with Gasteiger partial charge in [0.2, 0.25) is 6.79 Å². The molecule has 0 spiro atoms. The van der Waals surface area contributed by atoms with Crippen LogP contribution in [0.3, 0.4) is 0 Å². The highest BCUT2D eigenvalue weighted by Gasteiger charge is 2.16. The molecule has 0 bridgehead atoms. The molecule has 1 amide bonds. The minimum absolute atomic E-state index is 0.168. The summed E-state index contributed by atoms with van der Waals surface area (Å²) in [5.41, 5.74) is 2.53. The highest BCUT2D eigenvalue weighted by atomic mass is 16.7. The molecule has 7 nitrogen and oxygen atoms in total. The minimum atomic E-state index is -0.294. The SMILES string of the molecule is Cc1cccc(Nc2ccc(NC(=O)c3ccc4c(c3)OCO4)nn2)c1. The number of carbonyl (C=O) groups excluding carboxylic acids is 1. The van der Waals surface area contributed by atoms with Crippen molar-refractivity contribution >= 4 is 23.2 Å². The molecule has 0 aliphatic carbocycles. The Bertz CT molecular complexity index is 957. The van der Waals surface area contributed by atoms with Crippen LogP contribution in [0.15, 0.2) is 54.6 Å². The molecule has 2 N–H and O–H groups in total. The van der Waals surface area contributed by atoms with Crippen molar-refractivity contribution in [3.8, 4) is 11.5 Å². The predicted molar refractivity (Wildman–Crippen MR) is 97.0 cm³/mol. The molecule has 26 heavy (non-hydrogen) atoms. The van der Waals surface area contributed by atoms with E-state index in [9.17, 15) is 4.79 Å². The van der Waals surface area contributed by atoms with E-state index in [1.54, 1.807) is 30.3 Å². The lowest BCUT2D eigenvalue weighted by Gasteiger charge is -2.07. The van der Waals surface area contributed by atoms with Gasteiger partial charge in [-0.1, -0.05) is 12.1 Å². The largest absolute Gasteiger partial charge is 0.454 e. The average Bonchev–Trinajstić information content (AvgIpc) is 3.11. The summed E-state index contributed by atoms with van der Waals surface area (Å²) in [5.74, 6) is 1.85. The summed E-state index contributed by atoms with van der Waals surface area (Å²) in [5, 5.41) is 14.0. The summed E-state index contributed by atoms with van der Waals surface area (Å²) in [6, 6.07) is 16.4. The van der Waals surface area contributed by atoms with Gasteiger partial charge in [0, 0.05) is 11.3 Å². The van der Waals surface area contributed by atoms with Gasteiger partial charge in [-0.15, -0.1) is 10.2 Å². The van der Waals surface area contributed by atoms with Crippen LogP contribution in [0.25, 0.3) is 0 Å². The number of benzene rings is 2. The quantitative estimate of drug-likeness (QED) is 0.750. The van der Waals surface area contributed by atoms with Crippen molar-refractivity contribution in [1.29, 1.82) is 0 Å². The summed E-state index contributed by atoms with van der Waals surface area (Å²) < 4.78 is 10.5. The second-order valence-electron chi connectivity index (χ2n) is 5.82. The molecule has 1 aromatic heterocycles. The third kappa shape index (κ3) is 3.41. The number of carbonyl (C=O) groups is 1. The van der Waals surface area contributed by atoms with Crippen molar-refractivity contribution in [2.24, 2.45) is 0 Å². The molecule has 0 fully saturated rings. The maximum absolute atomic E-state index is 12.3. The first-order valence-electron chi connectivity index (χ1n) is 8.06. The van der Waals surface area contributed by atoms with E-state index < -0.39 is 0 Å². The molecule has 0 saturated heterocycles. The van der Waals surface area contributed by atoms with Crippen molar-refractivity contribution in [3.05, 3.63) is 65.7 Å². The van der Waals surface area contributed by atoms with Crippen molar-refractivity contribution in [2.75, 3.05) is 17.4 Å². The molecule has 3 aromatic rings. The molecule has 2 heterocycles. The second-order valence-corrected chi connectivity index (χ2v) is 5.82. The number of aryl methyl sites for hydroxylation is 1. The monoisotopic (exact) mass is 348 g/mol. The van der Waals surface area contributed by atoms with Crippen LogP contribution in [0, 0.1) is 6.92 Å². The number of nitrogens with zero attached hydrogens (tertiary/aromatic N) is 2. The Hall–Kier alpha value is -3.61. The van der Waals surface area contributed by atoms with Gasteiger partial charge in [0.25, 0.3) is 5.91 Å². The fourth-order valence-corrected chi connectivity index (χ4v) is 2.56. The number of fused-ring (bicyclic) bond motifs is 1. The number of hydrogen-bond acceptors (Lipinski definition) is 6. The van der Waals surface area contributed by atoms with Gasteiger partial charge in [-0.3, -0.25) is 4.79 Å². The summed E-state index contributed by atoms with van der Waals surface area (Å²) in [4.78, 5) is 12.3. The van der Waals surface area contributed by atoms with Gasteiger partial charge in [-0.05, 0) is 55.0 Å². The fourth-order valence-electron chi connectivity index (χ4n) is 2.56. The summed E-state index contributed by atoms with van der Waals surface area (Å²) >= 11 is 0. The van der Waals surface area contributed by atoms with Gasteiger partial charge in [-0.25, -0.2) is 0 Å². The summed E-state index contributed by atoms with van der Waals surface area (Å²) in [6.07, 6.45) is 0. The third-order valence-electron chi connectivity index (χ3n) is 3.83. The van der Waals surface area contributed by atoms with Crippen LogP contribution in [0.2, 0.25) is 0 Å². The van der Waals surface area contributed by atoms with E-state index in [4.69, 9.17) is 9.47 Å². The number of amides is 1. The van der Waals surface area contributed by atoms with Crippen LogP contribution in [0.5, 0.6) is 11.5 Å². The molecule has 0 radical (unpaired) electrons. The van der Waals surface area contributed by atoms with E-state index in [0.717, 1.165) is 11.3 Å². The van der Waals surface area contributed by atoms with E-state index >= 15 is 0 Å². The number of ether oxygens (including phenoxy) is 2. The van der Waals surface area contributed by atoms with Gasteiger partial charge in [0.15, 0.2) is 23.1 Å². The van der Waals surface area contributed by atoms with Gasteiger partial charge in [0.05, 0.1) is 0 Å². The van der Waals surface area contributed by atoms with Crippen LogP contribution in [0.1, 0.15) is 15.9 Å². The van der Waals surface area contributed by atoms with Gasteiger partial charge >= 0.3 is 0 Å². The first-order chi connectivity index (χ1) is 12.7. The van der Waals surface area contributed by atoms with Crippen LogP contribution in [0.4, 0.5) is 17.3 Å². The Morgan fingerprint density at radius 1 is 0.962 bits per heavy atom. The lowest BCUT2D eigenvalue weighted by atomic mass is 10.2. The molecule has 1 aliphatic rings. The molecule has 0 saturated carbocycles. The third-order valence-corrected chi connectivity index (χ3v) is 3.83. The normalized spacial score (nSPS) is 11.9. The zero-order chi connectivity index (χ0) is 17.9. The average molecular weight is 348 g/mol. The van der Waals surface area contributed by atoms with Crippen LogP contribution in [-0.2, 0) is 0 Å². The highest BCUT2D eigenvalue weighted by Crippen LogP contribution is 2.32. The number of anilines is 3. The van der Waals surface area contributed by atoms with E-state index in [0.29, 0.717) is 28.7 Å². The highest BCUT2D eigenvalue weighted by molar-refractivity contribution is 6.04. The molecule has 4 rings (SSSR count). The lowest BCUT2D eigenvalue weighted by Crippen LogP contribution is -2.13. The molecular weight excluding hydrogens is 332 g/mol. The van der Waals surface area contributed by atoms with Gasteiger partial charge in [0.1, 0.15) is 0 Å². The minimum Gasteiger partial charge on any atom is -0.454 e. The number of hydrogen-bond donors (Lipinski definition) is 2. The molecule has 0 atom stereocenters. The summed E-state index contributed by atoms with van der Waals surface area (Å²) in [6.45, 7) is 2.19. The topological polar surface area (TPSA) is 85.4 Å².